The van der Waals surface area contributed by atoms with Gasteiger partial charge < -0.3 is 40.6 Å². The number of hydrogen-bond acceptors (Lipinski definition) is 10. The molecule has 0 saturated carbocycles. The van der Waals surface area contributed by atoms with Crippen LogP contribution in [0.1, 0.15) is 174 Å². The quantitative estimate of drug-likeness (QED) is 0.0326. The van der Waals surface area contributed by atoms with E-state index < -0.39 is 84.0 Å². The lowest BCUT2D eigenvalue weighted by Crippen LogP contribution is -2.41. The van der Waals surface area contributed by atoms with Crippen molar-refractivity contribution in [2.75, 3.05) is 0 Å². The molecule has 0 aromatic carbocycles. The van der Waals surface area contributed by atoms with E-state index in [1.807, 2.05) is 0 Å². The van der Waals surface area contributed by atoms with Crippen molar-refractivity contribution >= 4 is 59.3 Å². The molecule has 0 saturated heterocycles. The van der Waals surface area contributed by atoms with Gasteiger partial charge in [0, 0.05) is 57.3 Å². The molecule has 0 rings (SSSR count). The van der Waals surface area contributed by atoms with Crippen molar-refractivity contribution in [3.05, 3.63) is 0 Å². The summed E-state index contributed by atoms with van der Waals surface area (Å²) in [6, 6.07) is -2.79. The van der Waals surface area contributed by atoms with Crippen molar-refractivity contribution in [1.29, 1.82) is 0 Å². The van der Waals surface area contributed by atoms with Crippen molar-refractivity contribution in [3.8, 4) is 0 Å². The number of rotatable bonds is 39. The monoisotopic (exact) mass is 810 g/mol. The van der Waals surface area contributed by atoms with Gasteiger partial charge in [0.2, 0.25) is 11.8 Å². The highest BCUT2D eigenvalue weighted by molar-refractivity contribution is 5.88. The Morgan fingerprint density at radius 3 is 1.25 bits per heavy atom. The van der Waals surface area contributed by atoms with Crippen LogP contribution in [0.3, 0.4) is 0 Å². The van der Waals surface area contributed by atoms with Gasteiger partial charge in [0.05, 0.1) is 5.92 Å². The molecule has 0 aromatic rings. The fourth-order valence-electron chi connectivity index (χ4n) is 6.34. The van der Waals surface area contributed by atoms with Crippen LogP contribution in [0.5, 0.6) is 0 Å². The van der Waals surface area contributed by atoms with E-state index in [1.165, 1.54) is 32.6 Å². The van der Waals surface area contributed by atoms with Crippen LogP contribution in [0.2, 0.25) is 0 Å². The molecule has 6 N–H and O–H groups in total. The fourth-order valence-corrected chi connectivity index (χ4v) is 6.34. The van der Waals surface area contributed by atoms with E-state index >= 15 is 0 Å². The Labute approximate surface area is 335 Å². The number of carbonyl (C=O) groups is 10. The zero-order chi connectivity index (χ0) is 43.0. The molecule has 4 atom stereocenters. The number of carboxylic acid groups (broad SMARTS) is 4. The summed E-state index contributed by atoms with van der Waals surface area (Å²) in [4.78, 5) is 118. The molecule has 2 amide bonds. The predicted molar refractivity (Wildman–Crippen MR) is 208 cm³/mol. The summed E-state index contributed by atoms with van der Waals surface area (Å²) in [5.41, 5.74) is 0. The first kappa shape index (κ1) is 52.5. The second kappa shape index (κ2) is 32.6. The first-order valence-corrected chi connectivity index (χ1v) is 20.5. The molecule has 0 bridgehead atoms. The number of hydrogen-bond donors (Lipinski definition) is 6. The Bertz CT molecular complexity index is 1300. The molecule has 0 aromatic heterocycles. The van der Waals surface area contributed by atoms with Crippen LogP contribution in [0.15, 0.2) is 0 Å². The third-order valence-corrected chi connectivity index (χ3v) is 9.83. The SMILES string of the molecule is CC(=O)CC[C@@H](C=O)CC(=O)CC[C@H](NC(=O)CC[C@H](CC(=O)CC[C@H](NC(=O)CCCCCCCCCCCCCCCCC(=O)O)C(=O)O)C(=O)O)C(=O)O. The fraction of sp³-hybridized carbons (Fsp3) is 0.756. The minimum atomic E-state index is -1.46. The molecule has 0 fully saturated rings. The molecule has 0 unspecified atom stereocenters. The van der Waals surface area contributed by atoms with E-state index in [0.717, 1.165) is 57.8 Å². The van der Waals surface area contributed by atoms with Gasteiger partial charge in [-0.2, -0.15) is 0 Å². The topological polar surface area (TPSA) is 276 Å². The maximum atomic E-state index is 12.6. The van der Waals surface area contributed by atoms with Crippen molar-refractivity contribution in [3.63, 3.8) is 0 Å². The second-order valence-electron chi connectivity index (χ2n) is 15.0. The van der Waals surface area contributed by atoms with E-state index in [9.17, 15) is 63.3 Å². The van der Waals surface area contributed by atoms with Gasteiger partial charge in [0.15, 0.2) is 0 Å². The summed E-state index contributed by atoms with van der Waals surface area (Å²) in [6.45, 7) is 1.36. The Morgan fingerprint density at radius 1 is 0.456 bits per heavy atom. The Balaban J connectivity index is 4.42. The molecule has 16 heteroatoms. The summed E-state index contributed by atoms with van der Waals surface area (Å²) in [7, 11) is 0. The van der Waals surface area contributed by atoms with Crippen molar-refractivity contribution in [2.45, 2.75) is 186 Å². The molecule has 324 valence electrons. The molecule has 16 nitrogen and oxygen atoms in total. The first-order chi connectivity index (χ1) is 27.0. The van der Waals surface area contributed by atoms with Crippen LogP contribution < -0.4 is 10.6 Å². The smallest absolute Gasteiger partial charge is 0.326 e. The predicted octanol–water partition coefficient (Wildman–Crippen LogP) is 5.60. The van der Waals surface area contributed by atoms with E-state index in [4.69, 9.17) is 5.11 Å². The Hall–Kier alpha value is -4.50. The number of aliphatic carboxylic acids is 4. The number of amides is 2. The molecule has 0 aliphatic rings. The molecule has 0 radical (unpaired) electrons. The van der Waals surface area contributed by atoms with E-state index in [2.05, 4.69) is 10.6 Å². The molecule has 0 heterocycles. The molecular formula is C41H66N2O14. The summed E-state index contributed by atoms with van der Waals surface area (Å²) in [5.74, 6) is -9.24. The van der Waals surface area contributed by atoms with Gasteiger partial charge >= 0.3 is 23.9 Å². The normalized spacial score (nSPS) is 13.1. The lowest BCUT2D eigenvalue weighted by molar-refractivity contribution is -0.145. The minimum Gasteiger partial charge on any atom is -0.481 e. The van der Waals surface area contributed by atoms with Crippen molar-refractivity contribution in [1.82, 2.24) is 10.6 Å². The Kier molecular flexibility index (Phi) is 30.0. The zero-order valence-electron chi connectivity index (χ0n) is 33.6. The number of carboxylic acids is 4. The van der Waals surface area contributed by atoms with E-state index in [-0.39, 0.29) is 70.0 Å². The van der Waals surface area contributed by atoms with Gasteiger partial charge in [-0.25, -0.2) is 9.59 Å². The third kappa shape index (κ3) is 30.3. The number of carbonyl (C=O) groups excluding carboxylic acids is 6. The van der Waals surface area contributed by atoms with Crippen molar-refractivity contribution in [2.24, 2.45) is 11.8 Å². The van der Waals surface area contributed by atoms with Crippen LogP contribution >= 0.6 is 0 Å². The molecular weight excluding hydrogens is 744 g/mol. The molecule has 0 aliphatic carbocycles. The average Bonchev–Trinajstić information content (AvgIpc) is 3.14. The van der Waals surface area contributed by atoms with Crippen molar-refractivity contribution < 1.29 is 68.4 Å². The molecule has 57 heavy (non-hydrogen) atoms. The van der Waals surface area contributed by atoms with Gasteiger partial charge in [-0.15, -0.1) is 0 Å². The lowest BCUT2D eigenvalue weighted by Gasteiger charge is -2.17. The minimum absolute atomic E-state index is 0.126. The van der Waals surface area contributed by atoms with Crippen LogP contribution in [0.4, 0.5) is 0 Å². The maximum absolute atomic E-state index is 12.6. The summed E-state index contributed by atoms with van der Waals surface area (Å²) in [5, 5.41) is 42.0. The van der Waals surface area contributed by atoms with Gasteiger partial charge in [-0.3, -0.25) is 28.8 Å². The second-order valence-corrected chi connectivity index (χ2v) is 15.0. The number of Topliss-reactive ketones (excluding diaryl/α,β-unsaturated/α-hetero) is 3. The highest BCUT2D eigenvalue weighted by Crippen LogP contribution is 2.17. The highest BCUT2D eigenvalue weighted by Gasteiger charge is 2.27. The van der Waals surface area contributed by atoms with Gasteiger partial charge in [-0.05, 0) is 45.4 Å². The zero-order valence-corrected chi connectivity index (χ0v) is 33.6. The van der Waals surface area contributed by atoms with Gasteiger partial charge in [-0.1, -0.05) is 77.0 Å². The number of nitrogens with one attached hydrogen (secondary N) is 2. The Morgan fingerprint density at radius 2 is 0.860 bits per heavy atom. The largest absolute Gasteiger partial charge is 0.481 e. The maximum Gasteiger partial charge on any atom is 0.326 e. The van der Waals surface area contributed by atoms with E-state index in [1.54, 1.807) is 0 Å². The molecule has 0 aliphatic heterocycles. The third-order valence-electron chi connectivity index (χ3n) is 9.83. The van der Waals surface area contributed by atoms with E-state index in [0.29, 0.717) is 12.7 Å². The van der Waals surface area contributed by atoms with Gasteiger partial charge in [0.25, 0.3) is 0 Å². The first-order valence-electron chi connectivity index (χ1n) is 20.5. The summed E-state index contributed by atoms with van der Waals surface area (Å²) in [6.07, 6.45) is 13.1. The van der Waals surface area contributed by atoms with Crippen LogP contribution in [0, 0.1) is 11.8 Å². The highest BCUT2D eigenvalue weighted by atomic mass is 16.4. The van der Waals surface area contributed by atoms with Crippen LogP contribution in [-0.4, -0.2) is 91.8 Å². The number of aldehydes is 1. The number of unbranched alkanes of at least 4 members (excludes halogenated alkanes) is 13. The summed E-state index contributed by atoms with van der Waals surface area (Å²) >= 11 is 0. The lowest BCUT2D eigenvalue weighted by atomic mass is 9.94. The van der Waals surface area contributed by atoms with Gasteiger partial charge in [0.1, 0.15) is 35.7 Å². The standard InChI is InChI=1S/C41H66N2O14/c1-29(45)18-19-30(28-44)26-32(46)21-23-35(41(56)57)43-37(49)25-20-31(39(52)53)27-33(47)22-24-34(40(54)55)42-36(48)16-14-12-10-8-6-4-2-3-5-7-9-11-13-15-17-38(50)51/h28,30-31,34-35H,2-27H2,1H3,(H,42,48)(H,43,49)(H,50,51)(H,52,53)(H,54,55)(H,56,57)/t30-,31-,34+,35+/m1/s1. The van der Waals surface area contributed by atoms with Crippen LogP contribution in [0.25, 0.3) is 0 Å². The number of ketones is 3. The van der Waals surface area contributed by atoms with Crippen LogP contribution in [-0.2, 0) is 47.9 Å². The molecule has 0 spiro atoms. The summed E-state index contributed by atoms with van der Waals surface area (Å²) < 4.78 is 0. The average molecular weight is 811 g/mol.